The lowest BCUT2D eigenvalue weighted by Gasteiger charge is -2.32. The number of rotatable bonds is 4. The van der Waals surface area contributed by atoms with Gasteiger partial charge in [-0.2, -0.15) is 18.3 Å². The third-order valence-corrected chi connectivity index (χ3v) is 5.19. The van der Waals surface area contributed by atoms with E-state index in [1.54, 1.807) is 12.1 Å². The Bertz CT molecular complexity index is 919. The minimum atomic E-state index is -4.50. The Kier molecular flexibility index (Phi) is 4.42. The van der Waals surface area contributed by atoms with Gasteiger partial charge in [-0.05, 0) is 23.6 Å². The van der Waals surface area contributed by atoms with Gasteiger partial charge in [-0.25, -0.2) is 4.68 Å². The number of nitrogens with zero attached hydrogens (tertiary/aromatic N) is 2. The summed E-state index contributed by atoms with van der Waals surface area (Å²) in [6.45, 7) is 0.295. The van der Waals surface area contributed by atoms with Crippen LogP contribution >= 0.6 is 11.3 Å². The summed E-state index contributed by atoms with van der Waals surface area (Å²) < 4.78 is 46.8. The molecule has 3 aromatic rings. The van der Waals surface area contributed by atoms with Crippen molar-refractivity contribution in [2.75, 3.05) is 5.32 Å². The fourth-order valence-electron chi connectivity index (χ4n) is 3.03. The highest BCUT2D eigenvalue weighted by Crippen LogP contribution is 2.43. The van der Waals surface area contributed by atoms with Crippen molar-refractivity contribution in [2.45, 2.75) is 31.2 Å². The first-order valence-electron chi connectivity index (χ1n) is 8.18. The molecule has 6 nitrogen and oxygen atoms in total. The lowest BCUT2D eigenvalue weighted by atomic mass is 10.0. The van der Waals surface area contributed by atoms with Gasteiger partial charge in [-0.1, -0.05) is 6.07 Å². The number of amides is 1. The van der Waals surface area contributed by atoms with Gasteiger partial charge in [0, 0.05) is 17.4 Å². The van der Waals surface area contributed by atoms with Gasteiger partial charge in [0.05, 0.1) is 18.8 Å². The standard InChI is InChI=1S/C17H15F3N4O2S/c18-17(19,20)14-7-11(13-4-1-5-26-13)22-15-8-12(23-24(14)15)16(25)21-9-10-3-2-6-27-10/h1-6,8,11,14,22H,7,9H2,(H,21,25)/t11-,14-/m0/s1. The minimum Gasteiger partial charge on any atom is -0.467 e. The molecule has 0 unspecified atom stereocenters. The van der Waals surface area contributed by atoms with E-state index in [2.05, 4.69) is 15.7 Å². The molecule has 4 heterocycles. The maximum absolute atomic E-state index is 13.6. The number of nitrogens with one attached hydrogen (secondary N) is 2. The maximum atomic E-state index is 13.6. The van der Waals surface area contributed by atoms with Crippen molar-refractivity contribution in [3.05, 3.63) is 58.3 Å². The summed E-state index contributed by atoms with van der Waals surface area (Å²) in [6, 6.07) is 5.78. The van der Waals surface area contributed by atoms with Gasteiger partial charge in [0.15, 0.2) is 11.7 Å². The average Bonchev–Trinajstić information content (AvgIpc) is 3.38. The molecule has 0 aliphatic carbocycles. The predicted molar refractivity (Wildman–Crippen MR) is 92.5 cm³/mol. The second-order valence-electron chi connectivity index (χ2n) is 6.13. The van der Waals surface area contributed by atoms with Crippen LogP contribution in [0.2, 0.25) is 0 Å². The molecule has 0 saturated carbocycles. The van der Waals surface area contributed by atoms with Crippen LogP contribution in [0.5, 0.6) is 0 Å². The molecule has 4 rings (SSSR count). The van der Waals surface area contributed by atoms with Gasteiger partial charge < -0.3 is 15.1 Å². The van der Waals surface area contributed by atoms with Crippen LogP contribution in [0.4, 0.5) is 19.0 Å². The molecule has 27 heavy (non-hydrogen) atoms. The Morgan fingerprint density at radius 2 is 2.26 bits per heavy atom. The van der Waals surface area contributed by atoms with Crippen LogP contribution in [0.1, 0.15) is 39.6 Å². The van der Waals surface area contributed by atoms with Crippen LogP contribution in [0.25, 0.3) is 0 Å². The highest BCUT2D eigenvalue weighted by molar-refractivity contribution is 7.09. The predicted octanol–water partition coefficient (Wildman–Crippen LogP) is 4.13. The molecular weight excluding hydrogens is 381 g/mol. The van der Waals surface area contributed by atoms with E-state index < -0.39 is 24.2 Å². The molecule has 2 atom stereocenters. The van der Waals surface area contributed by atoms with Crippen LogP contribution in [0, 0.1) is 0 Å². The largest absolute Gasteiger partial charge is 0.467 e. The fourth-order valence-corrected chi connectivity index (χ4v) is 3.68. The van der Waals surface area contributed by atoms with E-state index in [9.17, 15) is 18.0 Å². The molecule has 0 saturated heterocycles. The number of hydrogen-bond donors (Lipinski definition) is 2. The Hall–Kier alpha value is -2.75. The first-order chi connectivity index (χ1) is 12.9. The molecule has 1 aliphatic rings. The quantitative estimate of drug-likeness (QED) is 0.696. The first-order valence-corrected chi connectivity index (χ1v) is 9.06. The number of anilines is 1. The summed E-state index contributed by atoms with van der Waals surface area (Å²) in [4.78, 5) is 13.3. The Balaban J connectivity index is 1.58. The second kappa shape index (κ2) is 6.76. The van der Waals surface area contributed by atoms with Crippen LogP contribution in [-0.4, -0.2) is 21.9 Å². The number of thiophene rings is 1. The minimum absolute atomic E-state index is 0.0663. The number of carbonyl (C=O) groups is 1. The van der Waals surface area contributed by atoms with E-state index in [1.807, 2.05) is 17.5 Å². The summed E-state index contributed by atoms with van der Waals surface area (Å²) in [5, 5.41) is 11.4. The van der Waals surface area contributed by atoms with E-state index in [0.29, 0.717) is 12.3 Å². The summed E-state index contributed by atoms with van der Waals surface area (Å²) in [5.41, 5.74) is -0.0663. The highest BCUT2D eigenvalue weighted by atomic mass is 32.1. The van der Waals surface area contributed by atoms with Crippen molar-refractivity contribution < 1.29 is 22.4 Å². The molecule has 142 valence electrons. The van der Waals surface area contributed by atoms with Crippen molar-refractivity contribution in [2.24, 2.45) is 0 Å². The van der Waals surface area contributed by atoms with Gasteiger partial charge >= 0.3 is 6.18 Å². The number of aromatic nitrogens is 2. The van der Waals surface area contributed by atoms with Crippen LogP contribution in [0.15, 0.2) is 46.4 Å². The summed E-state index contributed by atoms with van der Waals surface area (Å²) >= 11 is 1.48. The molecule has 10 heteroatoms. The Morgan fingerprint density at radius 3 is 2.93 bits per heavy atom. The molecular formula is C17H15F3N4O2S. The lowest BCUT2D eigenvalue weighted by Crippen LogP contribution is -2.35. The molecule has 2 N–H and O–H groups in total. The van der Waals surface area contributed by atoms with Crippen LogP contribution in [0.3, 0.4) is 0 Å². The molecule has 0 fully saturated rings. The molecule has 0 bridgehead atoms. The number of carbonyl (C=O) groups excluding carboxylic acids is 1. The van der Waals surface area contributed by atoms with E-state index in [0.717, 1.165) is 9.56 Å². The molecule has 1 aliphatic heterocycles. The average molecular weight is 396 g/mol. The molecule has 1 amide bonds. The van der Waals surface area contributed by atoms with E-state index in [4.69, 9.17) is 4.42 Å². The van der Waals surface area contributed by atoms with Crippen molar-refractivity contribution in [3.8, 4) is 0 Å². The fraction of sp³-hybridized carbons (Fsp3) is 0.294. The summed E-state index contributed by atoms with van der Waals surface area (Å²) in [5.74, 6) is 0.00854. The van der Waals surface area contributed by atoms with Gasteiger partial charge in [-0.15, -0.1) is 11.3 Å². The van der Waals surface area contributed by atoms with Gasteiger partial charge in [0.1, 0.15) is 11.6 Å². The van der Waals surface area contributed by atoms with Crippen molar-refractivity contribution >= 4 is 23.1 Å². The zero-order valence-corrected chi connectivity index (χ0v) is 14.7. The van der Waals surface area contributed by atoms with Crippen molar-refractivity contribution in [1.82, 2.24) is 15.1 Å². The number of halogens is 3. The Morgan fingerprint density at radius 1 is 1.41 bits per heavy atom. The lowest BCUT2D eigenvalue weighted by molar-refractivity contribution is -0.174. The van der Waals surface area contributed by atoms with E-state index >= 15 is 0 Å². The van der Waals surface area contributed by atoms with Gasteiger partial charge in [-0.3, -0.25) is 4.79 Å². The van der Waals surface area contributed by atoms with Crippen molar-refractivity contribution in [3.63, 3.8) is 0 Å². The van der Waals surface area contributed by atoms with Gasteiger partial charge in [0.2, 0.25) is 0 Å². The molecule has 0 aromatic carbocycles. The highest BCUT2D eigenvalue weighted by Gasteiger charge is 2.47. The second-order valence-corrected chi connectivity index (χ2v) is 7.16. The molecule has 3 aromatic heterocycles. The first kappa shape index (κ1) is 17.7. The normalized spacial score (nSPS) is 19.4. The van der Waals surface area contributed by atoms with E-state index in [1.165, 1.54) is 23.7 Å². The molecule has 0 radical (unpaired) electrons. The topological polar surface area (TPSA) is 72.1 Å². The smallest absolute Gasteiger partial charge is 0.410 e. The third-order valence-electron chi connectivity index (χ3n) is 4.31. The Labute approximate surface area is 156 Å². The number of hydrogen-bond acceptors (Lipinski definition) is 5. The number of alkyl halides is 3. The molecule has 0 spiro atoms. The summed E-state index contributed by atoms with van der Waals surface area (Å²) in [7, 11) is 0. The number of fused-ring (bicyclic) bond motifs is 1. The zero-order valence-electron chi connectivity index (χ0n) is 13.9. The third kappa shape index (κ3) is 3.57. The maximum Gasteiger partial charge on any atom is 0.410 e. The SMILES string of the molecule is O=C(NCc1cccs1)c1cc2n(n1)[C@H](C(F)(F)F)C[C@@H](c1ccco1)N2. The van der Waals surface area contributed by atoms with E-state index in [-0.39, 0.29) is 17.9 Å². The van der Waals surface area contributed by atoms with Crippen LogP contribution < -0.4 is 10.6 Å². The van der Waals surface area contributed by atoms with Crippen LogP contribution in [-0.2, 0) is 6.54 Å². The summed E-state index contributed by atoms with van der Waals surface area (Å²) in [6.07, 6.45) is -3.37. The number of furan rings is 1. The monoisotopic (exact) mass is 396 g/mol. The van der Waals surface area contributed by atoms with Crippen molar-refractivity contribution in [1.29, 1.82) is 0 Å². The zero-order chi connectivity index (χ0) is 19.0. The van der Waals surface area contributed by atoms with Gasteiger partial charge in [0.25, 0.3) is 5.91 Å².